The van der Waals surface area contributed by atoms with Gasteiger partial charge in [0.15, 0.2) is 6.39 Å². The summed E-state index contributed by atoms with van der Waals surface area (Å²) < 4.78 is 8.81. The molecule has 224 valence electrons. The molecule has 0 aliphatic rings. The summed E-state index contributed by atoms with van der Waals surface area (Å²) in [5, 5.41) is 26.0. The van der Waals surface area contributed by atoms with Gasteiger partial charge in [-0.25, -0.2) is 15.0 Å². The molecule has 0 saturated carbocycles. The van der Waals surface area contributed by atoms with Crippen molar-refractivity contribution in [2.75, 3.05) is 0 Å². The van der Waals surface area contributed by atoms with E-state index in [0.717, 1.165) is 0 Å². The molecule has 8 rings (SSSR count). The van der Waals surface area contributed by atoms with Crippen LogP contribution in [0.4, 0.5) is 0 Å². The van der Waals surface area contributed by atoms with Gasteiger partial charge in [0.05, 0.1) is 24.8 Å². The zero-order valence-corrected chi connectivity index (χ0v) is 23.3. The van der Waals surface area contributed by atoms with Gasteiger partial charge in [0.1, 0.15) is 18.9 Å². The first-order chi connectivity index (χ1) is 22.0. The molecule has 0 aliphatic heterocycles. The van der Waals surface area contributed by atoms with Crippen LogP contribution in [-0.4, -0.2) is 70.9 Å². The molecule has 44 heavy (non-hydrogen) atoms. The average Bonchev–Trinajstić information content (AvgIpc) is 4.00. The van der Waals surface area contributed by atoms with Crippen LogP contribution < -0.4 is 0 Å². The molecule has 0 aromatic carbocycles. The van der Waals surface area contributed by atoms with Gasteiger partial charge in [0.2, 0.25) is 0 Å². The standard InChI is InChI=1S/C5H5N.3C4H4N2.C3H4N2.2C3H3NO.C2H3N3/c1-2-4-6-5-3-1;1-2-6-4-3-5-1;1-2-5-4-6-3-1;1-2-4-6-5-3-1;1-2-4-5-3-1;1-2-5-3-4-1;2*1-2-4-5-3-1/h1-5H;3*1-4H;1-3H,(H,4,5);2*1-3H;1-2H,(H,3,4,5). The molecule has 8 heterocycles. The first-order valence-corrected chi connectivity index (χ1v) is 12.4. The van der Waals surface area contributed by atoms with Crippen LogP contribution in [0.3, 0.4) is 0 Å². The van der Waals surface area contributed by atoms with Crippen LogP contribution in [0.25, 0.3) is 0 Å². The quantitative estimate of drug-likeness (QED) is 0.253. The molecule has 0 bridgehead atoms. The van der Waals surface area contributed by atoms with Crippen molar-refractivity contribution in [3.63, 3.8) is 0 Å². The Morgan fingerprint density at radius 2 is 1.05 bits per heavy atom. The number of H-pyrrole nitrogens is 2. The predicted octanol–water partition coefficient (Wildman–Crippen LogP) is 4.08. The highest BCUT2D eigenvalue weighted by Crippen LogP contribution is 1.74. The van der Waals surface area contributed by atoms with Crippen molar-refractivity contribution >= 4 is 0 Å². The molecule has 0 spiro atoms. The van der Waals surface area contributed by atoms with Gasteiger partial charge in [-0.05, 0) is 42.5 Å². The summed E-state index contributed by atoms with van der Waals surface area (Å²) >= 11 is 0. The van der Waals surface area contributed by atoms with Crippen molar-refractivity contribution in [1.29, 1.82) is 0 Å². The van der Waals surface area contributed by atoms with Crippen LogP contribution in [0.2, 0.25) is 0 Å². The first-order valence-electron chi connectivity index (χ1n) is 12.4. The monoisotopic (exact) mass is 594 g/mol. The Labute approximate surface area is 252 Å². The van der Waals surface area contributed by atoms with Gasteiger partial charge < -0.3 is 8.94 Å². The lowest BCUT2D eigenvalue weighted by Crippen LogP contribution is -1.69. The van der Waals surface area contributed by atoms with Crippen LogP contribution in [0.1, 0.15) is 0 Å². The summed E-state index contributed by atoms with van der Waals surface area (Å²) in [5.41, 5.74) is 0. The molecule has 0 fully saturated rings. The molecule has 16 heteroatoms. The minimum Gasteiger partial charge on any atom is -0.452 e. The van der Waals surface area contributed by atoms with E-state index < -0.39 is 0 Å². The van der Waals surface area contributed by atoms with Gasteiger partial charge in [0.25, 0.3) is 0 Å². The van der Waals surface area contributed by atoms with Crippen LogP contribution in [0.5, 0.6) is 0 Å². The molecule has 0 saturated heterocycles. The van der Waals surface area contributed by atoms with Crippen LogP contribution in [0, 0.1) is 0 Å². The molecule has 2 N–H and O–H groups in total. The van der Waals surface area contributed by atoms with Crippen LogP contribution >= 0.6 is 0 Å². The van der Waals surface area contributed by atoms with E-state index in [4.69, 9.17) is 0 Å². The molecule has 8 aromatic rings. The highest BCUT2D eigenvalue weighted by atomic mass is 16.5. The highest BCUT2D eigenvalue weighted by Gasteiger charge is 1.62. The van der Waals surface area contributed by atoms with Gasteiger partial charge in [-0.2, -0.15) is 30.7 Å². The zero-order valence-electron chi connectivity index (χ0n) is 23.3. The molecular formula is C28H30N14O2. The highest BCUT2D eigenvalue weighted by molar-refractivity contribution is 4.88. The van der Waals surface area contributed by atoms with E-state index in [-0.39, 0.29) is 0 Å². The van der Waals surface area contributed by atoms with E-state index in [1.165, 1.54) is 25.2 Å². The van der Waals surface area contributed by atoms with E-state index in [2.05, 4.69) is 79.8 Å². The second-order valence-electron chi connectivity index (χ2n) is 6.52. The number of nitrogens with zero attached hydrogens (tertiary/aromatic N) is 12. The Hall–Kier alpha value is -6.84. The second kappa shape index (κ2) is 32.4. The zero-order chi connectivity index (χ0) is 31.1. The van der Waals surface area contributed by atoms with Crippen molar-refractivity contribution in [1.82, 2.24) is 70.9 Å². The van der Waals surface area contributed by atoms with E-state index in [0.29, 0.717) is 0 Å². The van der Waals surface area contributed by atoms with E-state index in [1.807, 2.05) is 36.4 Å². The Kier molecular flexibility index (Phi) is 25.9. The largest absolute Gasteiger partial charge is 0.452 e. The fourth-order valence-corrected chi connectivity index (χ4v) is 1.81. The van der Waals surface area contributed by atoms with Gasteiger partial charge >= 0.3 is 0 Å². The van der Waals surface area contributed by atoms with Crippen molar-refractivity contribution < 1.29 is 8.94 Å². The maximum Gasteiger partial charge on any atom is 0.180 e. The molecule has 16 nitrogen and oxygen atoms in total. The number of aromatic nitrogens is 14. The number of pyridine rings is 1. The number of hydrogen-bond donors (Lipinski definition) is 2. The summed E-state index contributed by atoms with van der Waals surface area (Å²) in [6, 6.07) is 14.7. The topological polar surface area (TPSA) is 213 Å². The third kappa shape index (κ3) is 29.7. The van der Waals surface area contributed by atoms with E-state index in [9.17, 15) is 0 Å². The molecule has 0 radical (unpaired) electrons. The number of oxazole rings is 1. The SMILES string of the molecule is c1ccncc1.c1ccnnc1.c1cn[nH]c1.c1cn[nH]n1.c1cnccn1.c1cncnc1.c1cnoc1.c1cocn1. The molecule has 8 aromatic heterocycles. The van der Waals surface area contributed by atoms with Crippen LogP contribution in [-0.2, 0) is 0 Å². The average molecular weight is 595 g/mol. The summed E-state index contributed by atoms with van der Waals surface area (Å²) in [6.45, 7) is 0. The minimum absolute atomic E-state index is 1.38. The number of hydrogen-bond acceptors (Lipinski definition) is 14. The molecule has 0 unspecified atom stereocenters. The maximum atomic E-state index is 4.47. The van der Waals surface area contributed by atoms with Crippen molar-refractivity contribution in [2.45, 2.75) is 0 Å². The molecular weight excluding hydrogens is 564 g/mol. The van der Waals surface area contributed by atoms with Gasteiger partial charge in [0, 0.05) is 74.4 Å². The molecule has 0 amide bonds. The minimum atomic E-state index is 1.38. The van der Waals surface area contributed by atoms with Crippen molar-refractivity contribution in [3.05, 3.63) is 173 Å². The first kappa shape index (κ1) is 35.2. The number of nitrogens with one attached hydrogen (secondary N) is 2. The summed E-state index contributed by atoms with van der Waals surface area (Å²) in [5.74, 6) is 0. The molecule has 0 aliphatic carbocycles. The number of rotatable bonds is 0. The van der Waals surface area contributed by atoms with Gasteiger partial charge in [-0.3, -0.25) is 20.1 Å². The fraction of sp³-hybridized carbons (Fsp3) is 0. The smallest absolute Gasteiger partial charge is 0.180 e. The Bertz CT molecular complexity index is 1020. The van der Waals surface area contributed by atoms with Gasteiger partial charge in [-0.15, -0.1) is 0 Å². The number of aromatic amines is 2. The van der Waals surface area contributed by atoms with Crippen molar-refractivity contribution in [2.24, 2.45) is 0 Å². The van der Waals surface area contributed by atoms with Crippen molar-refractivity contribution in [3.8, 4) is 0 Å². The second-order valence-corrected chi connectivity index (χ2v) is 6.52. The van der Waals surface area contributed by atoms with Crippen LogP contribution in [0.15, 0.2) is 182 Å². The maximum absolute atomic E-state index is 4.47. The Balaban J connectivity index is 0.000000252. The lowest BCUT2D eigenvalue weighted by molar-refractivity contribution is 0.420. The summed E-state index contributed by atoms with van der Waals surface area (Å²) in [6.07, 6.45) is 32.4. The fourth-order valence-electron chi connectivity index (χ4n) is 1.81. The lowest BCUT2D eigenvalue weighted by atomic mass is 10.5. The lowest BCUT2D eigenvalue weighted by Gasteiger charge is -1.70. The third-order valence-corrected chi connectivity index (χ3v) is 3.44. The molecule has 0 atom stereocenters. The third-order valence-electron chi connectivity index (χ3n) is 3.44. The predicted molar refractivity (Wildman–Crippen MR) is 158 cm³/mol. The normalized spacial score (nSPS) is 8.00. The van der Waals surface area contributed by atoms with E-state index >= 15 is 0 Å². The van der Waals surface area contributed by atoms with Gasteiger partial charge in [-0.1, -0.05) is 11.2 Å². The Morgan fingerprint density at radius 1 is 0.409 bits per heavy atom. The van der Waals surface area contributed by atoms with E-state index in [1.54, 1.807) is 111 Å². The summed E-state index contributed by atoms with van der Waals surface area (Å²) in [4.78, 5) is 22.1. The Morgan fingerprint density at radius 3 is 1.23 bits per heavy atom. The summed E-state index contributed by atoms with van der Waals surface area (Å²) in [7, 11) is 0.